The summed E-state index contributed by atoms with van der Waals surface area (Å²) in [6, 6.07) is 7.15. The standard InChI is InChI=1S/C18H24N2O4/c1-13(21)14-5-4-6-15(11-14)19-17(22)12-20-8-3-2-7-16(20)18-23-9-10-24-18/h4-6,11,16,18H,2-3,7-10,12H2,1H3,(H,19,22)/t16-/m1/s1. The molecule has 2 aliphatic heterocycles. The fourth-order valence-corrected chi connectivity index (χ4v) is 3.32. The molecule has 2 fully saturated rings. The average Bonchev–Trinajstić information content (AvgIpc) is 3.10. The first-order chi connectivity index (χ1) is 11.6. The Hall–Kier alpha value is -1.76. The second kappa shape index (κ2) is 7.88. The molecule has 1 N–H and O–H groups in total. The van der Waals surface area contributed by atoms with Crippen LogP contribution in [0.15, 0.2) is 24.3 Å². The first kappa shape index (κ1) is 17.1. The molecule has 24 heavy (non-hydrogen) atoms. The van der Waals surface area contributed by atoms with Crippen LogP contribution in [0.4, 0.5) is 5.69 Å². The van der Waals surface area contributed by atoms with Gasteiger partial charge in [0.1, 0.15) is 0 Å². The fraction of sp³-hybridized carbons (Fsp3) is 0.556. The van der Waals surface area contributed by atoms with Gasteiger partial charge in [-0.2, -0.15) is 0 Å². The van der Waals surface area contributed by atoms with Gasteiger partial charge in [0.2, 0.25) is 5.91 Å². The van der Waals surface area contributed by atoms with E-state index in [1.54, 1.807) is 24.3 Å². The zero-order chi connectivity index (χ0) is 16.9. The van der Waals surface area contributed by atoms with Crippen molar-refractivity contribution in [1.82, 2.24) is 4.90 Å². The summed E-state index contributed by atoms with van der Waals surface area (Å²) < 4.78 is 11.3. The second-order valence-electron chi connectivity index (χ2n) is 6.33. The molecule has 6 nitrogen and oxygen atoms in total. The summed E-state index contributed by atoms with van der Waals surface area (Å²) >= 11 is 0. The lowest BCUT2D eigenvalue weighted by molar-refractivity contribution is -0.127. The van der Waals surface area contributed by atoms with Crippen molar-refractivity contribution in [2.24, 2.45) is 0 Å². The van der Waals surface area contributed by atoms with Crippen molar-refractivity contribution >= 4 is 17.4 Å². The predicted molar refractivity (Wildman–Crippen MR) is 90.0 cm³/mol. The van der Waals surface area contributed by atoms with Crippen molar-refractivity contribution in [2.45, 2.75) is 38.5 Å². The first-order valence-corrected chi connectivity index (χ1v) is 8.51. The highest BCUT2D eigenvalue weighted by Crippen LogP contribution is 2.24. The number of Topliss-reactive ketones (excluding diaryl/α,β-unsaturated/α-hetero) is 1. The number of carbonyl (C=O) groups excluding carboxylic acids is 2. The van der Waals surface area contributed by atoms with Gasteiger partial charge < -0.3 is 14.8 Å². The molecule has 1 aromatic rings. The molecule has 0 aromatic heterocycles. The van der Waals surface area contributed by atoms with Crippen molar-refractivity contribution in [2.75, 3.05) is 31.6 Å². The molecular weight excluding hydrogens is 308 g/mol. The predicted octanol–water partition coefficient (Wildman–Crippen LogP) is 2.06. The van der Waals surface area contributed by atoms with Crippen LogP contribution in [-0.4, -0.2) is 55.2 Å². The Kier molecular flexibility index (Phi) is 5.60. The number of likely N-dealkylation sites (tertiary alicyclic amines) is 1. The smallest absolute Gasteiger partial charge is 0.238 e. The number of hydrogen-bond donors (Lipinski definition) is 1. The molecule has 1 aromatic carbocycles. The van der Waals surface area contributed by atoms with Gasteiger partial charge in [0.15, 0.2) is 12.1 Å². The summed E-state index contributed by atoms with van der Waals surface area (Å²) in [6.07, 6.45) is 2.97. The highest BCUT2D eigenvalue weighted by atomic mass is 16.7. The minimum absolute atomic E-state index is 0.0160. The number of ether oxygens (including phenoxy) is 2. The zero-order valence-corrected chi connectivity index (χ0v) is 14.0. The molecule has 6 heteroatoms. The van der Waals surface area contributed by atoms with Gasteiger partial charge in [-0.25, -0.2) is 0 Å². The highest BCUT2D eigenvalue weighted by Gasteiger charge is 2.34. The fourth-order valence-electron chi connectivity index (χ4n) is 3.32. The summed E-state index contributed by atoms with van der Waals surface area (Å²) in [5.74, 6) is -0.0988. The number of nitrogens with one attached hydrogen (secondary N) is 1. The Bertz CT molecular complexity index is 598. The van der Waals surface area contributed by atoms with Crippen molar-refractivity contribution in [1.29, 1.82) is 0 Å². The number of benzene rings is 1. The Morgan fingerprint density at radius 2 is 2.04 bits per heavy atom. The second-order valence-corrected chi connectivity index (χ2v) is 6.33. The SMILES string of the molecule is CC(=O)c1cccc(NC(=O)CN2CCCC[C@@H]2C2OCCO2)c1. The molecule has 0 saturated carbocycles. The van der Waals surface area contributed by atoms with Gasteiger partial charge in [-0.3, -0.25) is 14.5 Å². The molecule has 0 radical (unpaired) electrons. The molecule has 0 spiro atoms. The third-order valence-corrected chi connectivity index (χ3v) is 4.53. The Balaban J connectivity index is 1.60. The van der Waals surface area contributed by atoms with E-state index < -0.39 is 0 Å². The van der Waals surface area contributed by atoms with E-state index in [0.717, 1.165) is 25.8 Å². The number of piperidine rings is 1. The monoisotopic (exact) mass is 332 g/mol. The number of nitrogens with zero attached hydrogens (tertiary/aromatic N) is 1. The van der Waals surface area contributed by atoms with E-state index in [4.69, 9.17) is 9.47 Å². The molecule has 3 rings (SSSR count). The van der Waals surface area contributed by atoms with E-state index in [2.05, 4.69) is 10.2 Å². The topological polar surface area (TPSA) is 67.9 Å². The van der Waals surface area contributed by atoms with E-state index in [9.17, 15) is 9.59 Å². The van der Waals surface area contributed by atoms with Crippen molar-refractivity contribution < 1.29 is 19.1 Å². The maximum atomic E-state index is 12.4. The van der Waals surface area contributed by atoms with Crippen LogP contribution in [-0.2, 0) is 14.3 Å². The van der Waals surface area contributed by atoms with Gasteiger partial charge in [0.05, 0.1) is 25.8 Å². The molecule has 2 aliphatic rings. The van der Waals surface area contributed by atoms with Crippen LogP contribution >= 0.6 is 0 Å². The maximum absolute atomic E-state index is 12.4. The first-order valence-electron chi connectivity index (χ1n) is 8.51. The lowest BCUT2D eigenvalue weighted by Gasteiger charge is -2.37. The van der Waals surface area contributed by atoms with Gasteiger partial charge in [-0.05, 0) is 38.4 Å². The highest BCUT2D eigenvalue weighted by molar-refractivity contribution is 5.97. The molecule has 0 unspecified atom stereocenters. The summed E-state index contributed by atoms with van der Waals surface area (Å²) in [5.41, 5.74) is 1.24. The van der Waals surface area contributed by atoms with Crippen molar-refractivity contribution in [3.63, 3.8) is 0 Å². The Morgan fingerprint density at radius 3 is 2.79 bits per heavy atom. The number of carbonyl (C=O) groups is 2. The van der Waals surface area contributed by atoms with Crippen LogP contribution in [0.25, 0.3) is 0 Å². The Labute approximate surface area is 142 Å². The van der Waals surface area contributed by atoms with Crippen LogP contribution < -0.4 is 5.32 Å². The van der Waals surface area contributed by atoms with Gasteiger partial charge in [-0.1, -0.05) is 18.6 Å². The largest absolute Gasteiger partial charge is 0.349 e. The van der Waals surface area contributed by atoms with E-state index in [1.807, 2.05) is 0 Å². The molecular formula is C18H24N2O4. The lowest BCUT2D eigenvalue weighted by Crippen LogP contribution is -2.50. The number of amides is 1. The maximum Gasteiger partial charge on any atom is 0.238 e. The van der Waals surface area contributed by atoms with Crippen molar-refractivity contribution in [3.8, 4) is 0 Å². The quantitative estimate of drug-likeness (QED) is 0.836. The minimum atomic E-state index is -0.223. The van der Waals surface area contributed by atoms with Crippen LogP contribution in [0, 0.1) is 0 Å². The van der Waals surface area contributed by atoms with Crippen LogP contribution in [0.3, 0.4) is 0 Å². The van der Waals surface area contributed by atoms with Gasteiger partial charge in [0.25, 0.3) is 0 Å². The average molecular weight is 332 g/mol. The summed E-state index contributed by atoms with van der Waals surface area (Å²) in [6.45, 7) is 3.94. The zero-order valence-electron chi connectivity index (χ0n) is 14.0. The third kappa shape index (κ3) is 4.20. The van der Waals surface area contributed by atoms with Crippen LogP contribution in [0.2, 0.25) is 0 Å². The number of ketones is 1. The van der Waals surface area contributed by atoms with Gasteiger partial charge in [-0.15, -0.1) is 0 Å². The summed E-state index contributed by atoms with van der Waals surface area (Å²) in [7, 11) is 0. The van der Waals surface area contributed by atoms with Gasteiger partial charge >= 0.3 is 0 Å². The molecule has 1 amide bonds. The van der Waals surface area contributed by atoms with E-state index >= 15 is 0 Å². The molecule has 0 bridgehead atoms. The van der Waals surface area contributed by atoms with E-state index in [-0.39, 0.29) is 24.0 Å². The van der Waals surface area contributed by atoms with Crippen LogP contribution in [0.5, 0.6) is 0 Å². The number of anilines is 1. The summed E-state index contributed by atoms with van der Waals surface area (Å²) in [5, 5.41) is 2.88. The van der Waals surface area contributed by atoms with E-state index in [0.29, 0.717) is 31.0 Å². The normalized spacial score (nSPS) is 22.5. The Morgan fingerprint density at radius 1 is 1.25 bits per heavy atom. The van der Waals surface area contributed by atoms with Gasteiger partial charge in [0, 0.05) is 11.3 Å². The molecule has 130 valence electrons. The number of hydrogen-bond acceptors (Lipinski definition) is 5. The lowest BCUT2D eigenvalue weighted by atomic mass is 10.0. The van der Waals surface area contributed by atoms with Crippen LogP contribution in [0.1, 0.15) is 36.5 Å². The van der Waals surface area contributed by atoms with E-state index in [1.165, 1.54) is 6.92 Å². The molecule has 1 atom stereocenters. The summed E-state index contributed by atoms with van der Waals surface area (Å²) in [4.78, 5) is 26.0. The molecule has 0 aliphatic carbocycles. The molecule has 2 heterocycles. The third-order valence-electron chi connectivity index (χ3n) is 4.53. The molecule has 2 saturated heterocycles. The number of rotatable bonds is 5. The van der Waals surface area contributed by atoms with Crippen molar-refractivity contribution in [3.05, 3.63) is 29.8 Å². The minimum Gasteiger partial charge on any atom is -0.349 e.